The lowest BCUT2D eigenvalue weighted by Crippen LogP contribution is -2.37. The minimum absolute atomic E-state index is 0.0648. The number of carbonyl (C=O) groups excluding carboxylic acids is 1. The van der Waals surface area contributed by atoms with E-state index in [2.05, 4.69) is 34.6 Å². The first-order chi connectivity index (χ1) is 18.8. The van der Waals surface area contributed by atoms with Gasteiger partial charge in [-0.1, -0.05) is 56.4 Å². The number of alkyl halides is 3. The third-order valence-electron chi connectivity index (χ3n) is 6.24. The van der Waals surface area contributed by atoms with Gasteiger partial charge in [-0.2, -0.15) is 13.2 Å². The highest BCUT2D eigenvalue weighted by molar-refractivity contribution is 6.76. The molecule has 2 aromatic heterocycles. The zero-order valence-corrected chi connectivity index (χ0v) is 26.2. The summed E-state index contributed by atoms with van der Waals surface area (Å²) >= 11 is 0. The number of unbranched alkanes of at least 4 members (excludes halogenated alkanes) is 1. The molecule has 1 aromatic carbocycles. The first-order valence-electron chi connectivity index (χ1n) is 13.8. The van der Waals surface area contributed by atoms with Gasteiger partial charge >= 0.3 is 12.1 Å². The van der Waals surface area contributed by atoms with Crippen LogP contribution >= 0.6 is 0 Å². The van der Waals surface area contributed by atoms with E-state index in [1.807, 2.05) is 20.8 Å². The highest BCUT2D eigenvalue weighted by Crippen LogP contribution is 2.32. The zero-order chi connectivity index (χ0) is 30.6. The first kappa shape index (κ1) is 32.3. The number of hydrogen-bond acceptors (Lipinski definition) is 6. The number of aryl methyl sites for hydroxylation is 1. The SMILES string of the molecule is CC(C)(C)OC(=O)C(C)(C)COc1cnc(-c2ccc(-c3nc(C(F)(F)F)cn3CCCC[Si](C)(C)C)cc2)cn1. The summed E-state index contributed by atoms with van der Waals surface area (Å²) < 4.78 is 53.2. The summed E-state index contributed by atoms with van der Waals surface area (Å²) in [5.74, 6) is 0.182. The maximum absolute atomic E-state index is 13.5. The lowest BCUT2D eigenvalue weighted by atomic mass is 9.95. The fraction of sp³-hybridized carbons (Fsp3) is 0.533. The molecule has 7 nitrogen and oxygen atoms in total. The molecule has 0 aliphatic carbocycles. The van der Waals surface area contributed by atoms with Crippen molar-refractivity contribution in [1.29, 1.82) is 0 Å². The molecule has 0 saturated heterocycles. The fourth-order valence-corrected chi connectivity index (χ4v) is 5.26. The van der Waals surface area contributed by atoms with Gasteiger partial charge in [0, 0.05) is 31.9 Å². The molecule has 0 unspecified atom stereocenters. The average molecular weight is 591 g/mol. The molecule has 0 spiro atoms. The predicted molar refractivity (Wildman–Crippen MR) is 156 cm³/mol. The number of rotatable bonds is 11. The Balaban J connectivity index is 1.70. The van der Waals surface area contributed by atoms with Crippen molar-refractivity contribution in [3.63, 3.8) is 0 Å². The molecule has 0 atom stereocenters. The Morgan fingerprint density at radius 1 is 0.927 bits per heavy atom. The first-order valence-corrected chi connectivity index (χ1v) is 17.5. The molecule has 2 heterocycles. The fourth-order valence-electron chi connectivity index (χ4n) is 3.95. The number of esters is 1. The largest absolute Gasteiger partial charge is 0.475 e. The molecule has 3 rings (SSSR count). The molecule has 0 radical (unpaired) electrons. The van der Waals surface area contributed by atoms with Crippen LogP contribution in [0.3, 0.4) is 0 Å². The minimum Gasteiger partial charge on any atom is -0.475 e. The Bertz CT molecular complexity index is 1310. The normalized spacial score (nSPS) is 12.9. The maximum Gasteiger partial charge on any atom is 0.434 e. The summed E-state index contributed by atoms with van der Waals surface area (Å²) in [6, 6.07) is 8.17. The lowest BCUT2D eigenvalue weighted by Gasteiger charge is -2.28. The van der Waals surface area contributed by atoms with Crippen molar-refractivity contribution in [2.24, 2.45) is 5.41 Å². The van der Waals surface area contributed by atoms with Crippen molar-refractivity contribution in [3.8, 4) is 28.5 Å². The van der Waals surface area contributed by atoms with E-state index in [9.17, 15) is 18.0 Å². The Morgan fingerprint density at radius 3 is 2.10 bits per heavy atom. The number of nitrogens with zero attached hydrogens (tertiary/aromatic N) is 4. The van der Waals surface area contributed by atoms with Crippen LogP contribution in [0.25, 0.3) is 22.6 Å². The van der Waals surface area contributed by atoms with Gasteiger partial charge in [0.2, 0.25) is 5.88 Å². The smallest absolute Gasteiger partial charge is 0.434 e. The summed E-state index contributed by atoms with van der Waals surface area (Å²) in [5, 5.41) is 0. The topological polar surface area (TPSA) is 79.1 Å². The van der Waals surface area contributed by atoms with E-state index in [0.717, 1.165) is 30.6 Å². The molecule has 0 bridgehead atoms. The summed E-state index contributed by atoms with van der Waals surface area (Å²) in [7, 11) is -1.21. The van der Waals surface area contributed by atoms with E-state index in [0.29, 0.717) is 23.6 Å². The van der Waals surface area contributed by atoms with E-state index < -0.39 is 31.0 Å². The Labute approximate surface area is 241 Å². The van der Waals surface area contributed by atoms with Crippen molar-refractivity contribution in [2.45, 2.75) is 91.5 Å². The molecule has 0 N–H and O–H groups in total. The number of aromatic nitrogens is 4. The second-order valence-electron chi connectivity index (χ2n) is 13.2. The predicted octanol–water partition coefficient (Wildman–Crippen LogP) is 7.89. The van der Waals surface area contributed by atoms with Crippen molar-refractivity contribution >= 4 is 14.0 Å². The van der Waals surface area contributed by atoms with Crippen LogP contribution < -0.4 is 4.74 Å². The molecule has 0 aliphatic heterocycles. The molecule has 41 heavy (non-hydrogen) atoms. The summed E-state index contributed by atoms with van der Waals surface area (Å²) in [6.45, 7) is 16.3. The van der Waals surface area contributed by atoms with Crippen LogP contribution in [-0.4, -0.2) is 45.8 Å². The van der Waals surface area contributed by atoms with Crippen molar-refractivity contribution < 1.29 is 27.4 Å². The molecule has 0 saturated carbocycles. The van der Waals surface area contributed by atoms with Crippen LogP contribution in [0.15, 0.2) is 42.9 Å². The number of halogens is 3. The summed E-state index contributed by atoms with van der Waals surface area (Å²) in [4.78, 5) is 25.1. The van der Waals surface area contributed by atoms with Gasteiger partial charge in [-0.05, 0) is 41.0 Å². The molecule has 224 valence electrons. The molecular formula is C30H41F3N4O3Si. The Hall–Kier alpha value is -3.21. The van der Waals surface area contributed by atoms with Gasteiger partial charge in [0.15, 0.2) is 5.69 Å². The van der Waals surface area contributed by atoms with Gasteiger partial charge in [-0.3, -0.25) is 4.79 Å². The maximum atomic E-state index is 13.5. The summed E-state index contributed by atoms with van der Waals surface area (Å²) in [5.41, 5.74) is -0.467. The van der Waals surface area contributed by atoms with Crippen LogP contribution in [-0.2, 0) is 22.3 Å². The molecule has 0 amide bonds. The second-order valence-corrected chi connectivity index (χ2v) is 18.8. The molecule has 0 aliphatic rings. The van der Waals surface area contributed by atoms with Gasteiger partial charge in [0.25, 0.3) is 0 Å². The average Bonchev–Trinajstić information content (AvgIpc) is 3.29. The Kier molecular flexibility index (Phi) is 9.72. The number of benzene rings is 1. The zero-order valence-electron chi connectivity index (χ0n) is 25.2. The molecule has 11 heteroatoms. The molecule has 3 aromatic rings. The number of ether oxygens (including phenoxy) is 2. The lowest BCUT2D eigenvalue weighted by molar-refractivity contribution is -0.167. The van der Waals surface area contributed by atoms with Gasteiger partial charge in [0.1, 0.15) is 18.0 Å². The van der Waals surface area contributed by atoms with Crippen LogP contribution in [0.2, 0.25) is 25.7 Å². The number of hydrogen-bond donors (Lipinski definition) is 0. The van der Waals surface area contributed by atoms with Gasteiger partial charge < -0.3 is 14.0 Å². The van der Waals surface area contributed by atoms with E-state index in [4.69, 9.17) is 9.47 Å². The number of imidazole rings is 1. The van der Waals surface area contributed by atoms with Crippen molar-refractivity contribution in [2.75, 3.05) is 6.61 Å². The van der Waals surface area contributed by atoms with E-state index in [1.54, 1.807) is 48.9 Å². The highest BCUT2D eigenvalue weighted by atomic mass is 28.3. The third-order valence-corrected chi connectivity index (χ3v) is 8.10. The van der Waals surface area contributed by atoms with E-state index in [1.165, 1.54) is 6.20 Å². The van der Waals surface area contributed by atoms with Gasteiger partial charge in [-0.25, -0.2) is 15.0 Å². The molecular weight excluding hydrogens is 549 g/mol. The van der Waals surface area contributed by atoms with Crippen molar-refractivity contribution in [1.82, 2.24) is 19.5 Å². The van der Waals surface area contributed by atoms with Crippen LogP contribution in [0.1, 0.15) is 53.2 Å². The monoisotopic (exact) mass is 590 g/mol. The van der Waals surface area contributed by atoms with Crippen LogP contribution in [0, 0.1) is 5.41 Å². The van der Waals surface area contributed by atoms with Crippen molar-refractivity contribution in [3.05, 3.63) is 48.5 Å². The number of carbonyl (C=O) groups is 1. The highest BCUT2D eigenvalue weighted by Gasteiger charge is 2.35. The minimum atomic E-state index is -4.51. The standard InChI is InChI=1S/C30H41F3N4O3Si/c1-28(2,3)40-27(38)29(4,5)20-39-25-18-34-23(17-35-25)21-11-13-22(14-12-21)26-36-24(30(31,32)33)19-37(26)15-9-10-16-41(6,7)8/h11-14,17-19H,9-10,15-16,20H2,1-8H3. The van der Waals surface area contributed by atoms with E-state index in [-0.39, 0.29) is 18.5 Å². The molecule has 0 fully saturated rings. The second kappa shape index (κ2) is 12.3. The van der Waals surface area contributed by atoms with Crippen LogP contribution in [0.5, 0.6) is 5.88 Å². The van der Waals surface area contributed by atoms with E-state index >= 15 is 0 Å². The third kappa shape index (κ3) is 9.69. The van der Waals surface area contributed by atoms with Gasteiger partial charge in [-0.15, -0.1) is 0 Å². The quantitative estimate of drug-likeness (QED) is 0.128. The summed E-state index contributed by atoms with van der Waals surface area (Å²) in [6.07, 6.45) is 1.38. The van der Waals surface area contributed by atoms with Gasteiger partial charge in [0.05, 0.1) is 23.5 Å². The van der Waals surface area contributed by atoms with Crippen LogP contribution in [0.4, 0.5) is 13.2 Å². The Morgan fingerprint density at radius 2 is 1.56 bits per heavy atom.